The molecule has 33 heavy (non-hydrogen) atoms. The summed E-state index contributed by atoms with van der Waals surface area (Å²) < 4.78 is 10.0. The molecule has 176 valence electrons. The van der Waals surface area contributed by atoms with Crippen LogP contribution in [0.5, 0.6) is 0 Å². The van der Waals surface area contributed by atoms with Gasteiger partial charge in [-0.25, -0.2) is 14.4 Å². The van der Waals surface area contributed by atoms with E-state index in [9.17, 15) is 19.2 Å². The van der Waals surface area contributed by atoms with E-state index in [1.54, 1.807) is 52.0 Å². The molecule has 0 bridgehead atoms. The van der Waals surface area contributed by atoms with Crippen molar-refractivity contribution in [3.05, 3.63) is 59.7 Å². The summed E-state index contributed by atoms with van der Waals surface area (Å²) >= 11 is 0. The Morgan fingerprint density at radius 2 is 1.33 bits per heavy atom. The summed E-state index contributed by atoms with van der Waals surface area (Å²) in [6.45, 7) is 7.20. The summed E-state index contributed by atoms with van der Waals surface area (Å²) in [5.74, 6) is -2.03. The quantitative estimate of drug-likeness (QED) is 0.494. The highest BCUT2D eigenvalue weighted by Crippen LogP contribution is 2.18. The maximum atomic E-state index is 13.0. The van der Waals surface area contributed by atoms with Gasteiger partial charge in [-0.1, -0.05) is 32.0 Å². The first kappa shape index (κ1) is 25.4. The first-order valence-corrected chi connectivity index (χ1v) is 10.7. The SMILES string of the molecule is CCOC(=O)c1cc(NC(=O)C(NC(=O)Nc2ccccc2)C(C)C)cc(C(=O)OCC)c1. The average molecular weight is 456 g/mol. The minimum Gasteiger partial charge on any atom is -0.462 e. The second-order valence-electron chi connectivity index (χ2n) is 7.42. The third kappa shape index (κ3) is 7.64. The topological polar surface area (TPSA) is 123 Å². The Kier molecular flexibility index (Phi) is 9.41. The van der Waals surface area contributed by atoms with Gasteiger partial charge >= 0.3 is 18.0 Å². The van der Waals surface area contributed by atoms with Crippen molar-refractivity contribution < 1.29 is 28.7 Å². The Morgan fingerprint density at radius 3 is 1.82 bits per heavy atom. The number of anilines is 2. The Morgan fingerprint density at radius 1 is 0.788 bits per heavy atom. The second-order valence-corrected chi connectivity index (χ2v) is 7.42. The van der Waals surface area contributed by atoms with E-state index < -0.39 is 29.9 Å². The standard InChI is InChI=1S/C24H29N3O6/c1-5-32-22(29)16-12-17(23(30)33-6-2)14-19(13-16)25-21(28)20(15(3)4)27-24(31)26-18-10-8-7-9-11-18/h7-15,20H,5-6H2,1-4H3,(H,25,28)(H2,26,27,31). The molecule has 2 aromatic carbocycles. The molecule has 3 amide bonds. The van der Waals surface area contributed by atoms with Gasteiger partial charge in [0.25, 0.3) is 0 Å². The molecule has 0 aliphatic rings. The predicted octanol–water partition coefficient (Wildman–Crippen LogP) is 3.82. The fourth-order valence-electron chi connectivity index (χ4n) is 2.95. The lowest BCUT2D eigenvalue weighted by molar-refractivity contribution is -0.118. The van der Waals surface area contributed by atoms with Crippen LogP contribution in [-0.4, -0.2) is 43.1 Å². The van der Waals surface area contributed by atoms with Gasteiger partial charge in [-0.15, -0.1) is 0 Å². The van der Waals surface area contributed by atoms with Crippen molar-refractivity contribution in [2.75, 3.05) is 23.8 Å². The van der Waals surface area contributed by atoms with Gasteiger partial charge in [0.2, 0.25) is 5.91 Å². The molecule has 3 N–H and O–H groups in total. The molecule has 0 heterocycles. The van der Waals surface area contributed by atoms with E-state index in [1.807, 2.05) is 6.07 Å². The van der Waals surface area contributed by atoms with Gasteiger partial charge < -0.3 is 25.4 Å². The van der Waals surface area contributed by atoms with Gasteiger partial charge in [0, 0.05) is 11.4 Å². The normalized spacial score (nSPS) is 11.3. The molecular formula is C24H29N3O6. The number of ether oxygens (including phenoxy) is 2. The number of carbonyl (C=O) groups is 4. The Bertz CT molecular complexity index is 955. The highest BCUT2D eigenvalue weighted by molar-refractivity contribution is 6.02. The summed E-state index contributed by atoms with van der Waals surface area (Å²) in [4.78, 5) is 49.8. The average Bonchev–Trinajstić information content (AvgIpc) is 2.78. The number of hydrogen-bond donors (Lipinski definition) is 3. The van der Waals surface area contributed by atoms with Crippen LogP contribution in [0.2, 0.25) is 0 Å². The van der Waals surface area contributed by atoms with E-state index in [1.165, 1.54) is 18.2 Å². The number of benzene rings is 2. The first-order chi connectivity index (χ1) is 15.7. The minimum absolute atomic E-state index is 0.0913. The summed E-state index contributed by atoms with van der Waals surface area (Å²) in [6, 6.07) is 11.6. The van der Waals surface area contributed by atoms with Crippen molar-refractivity contribution in [1.29, 1.82) is 0 Å². The van der Waals surface area contributed by atoms with Crippen LogP contribution in [0, 0.1) is 5.92 Å². The molecule has 2 rings (SSSR count). The zero-order valence-electron chi connectivity index (χ0n) is 19.1. The largest absolute Gasteiger partial charge is 0.462 e. The number of hydrogen-bond acceptors (Lipinski definition) is 6. The third-order valence-corrected chi connectivity index (χ3v) is 4.49. The van der Waals surface area contributed by atoms with Crippen molar-refractivity contribution in [3.8, 4) is 0 Å². The molecule has 9 heteroatoms. The van der Waals surface area contributed by atoms with Crippen LogP contribution in [0.15, 0.2) is 48.5 Å². The molecule has 0 spiro atoms. The molecule has 0 saturated carbocycles. The van der Waals surface area contributed by atoms with Gasteiger partial charge in [0.15, 0.2) is 0 Å². The molecule has 2 aromatic rings. The van der Waals surface area contributed by atoms with Gasteiger partial charge in [-0.3, -0.25) is 4.79 Å². The number of para-hydroxylation sites is 1. The maximum absolute atomic E-state index is 13.0. The monoisotopic (exact) mass is 455 g/mol. The molecular weight excluding hydrogens is 426 g/mol. The van der Waals surface area contributed by atoms with Crippen molar-refractivity contribution in [2.24, 2.45) is 5.92 Å². The molecule has 0 aliphatic carbocycles. The van der Waals surface area contributed by atoms with E-state index in [-0.39, 0.29) is 35.9 Å². The summed E-state index contributed by atoms with van der Waals surface area (Å²) in [7, 11) is 0. The molecule has 0 aromatic heterocycles. The Balaban J connectivity index is 2.22. The van der Waals surface area contributed by atoms with Gasteiger partial charge in [0.1, 0.15) is 6.04 Å². The highest BCUT2D eigenvalue weighted by atomic mass is 16.5. The van der Waals surface area contributed by atoms with Crippen LogP contribution in [0.1, 0.15) is 48.4 Å². The van der Waals surface area contributed by atoms with E-state index in [0.717, 1.165) is 0 Å². The number of rotatable bonds is 9. The zero-order valence-corrected chi connectivity index (χ0v) is 19.1. The number of esters is 2. The lowest BCUT2D eigenvalue weighted by Crippen LogP contribution is -2.48. The van der Waals surface area contributed by atoms with E-state index in [0.29, 0.717) is 5.69 Å². The lowest BCUT2D eigenvalue weighted by atomic mass is 10.0. The molecule has 9 nitrogen and oxygen atoms in total. The van der Waals surface area contributed by atoms with Crippen molar-refractivity contribution >= 4 is 35.3 Å². The number of nitrogens with one attached hydrogen (secondary N) is 3. The lowest BCUT2D eigenvalue weighted by Gasteiger charge is -2.22. The van der Waals surface area contributed by atoms with Gasteiger partial charge in [-0.05, 0) is 50.1 Å². The van der Waals surface area contributed by atoms with Gasteiger partial charge in [0.05, 0.1) is 24.3 Å². The molecule has 0 radical (unpaired) electrons. The number of urea groups is 1. The summed E-state index contributed by atoms with van der Waals surface area (Å²) in [5, 5.41) is 8.00. The van der Waals surface area contributed by atoms with Crippen LogP contribution in [0.25, 0.3) is 0 Å². The van der Waals surface area contributed by atoms with Crippen LogP contribution in [0.4, 0.5) is 16.2 Å². The van der Waals surface area contributed by atoms with Crippen LogP contribution < -0.4 is 16.0 Å². The van der Waals surface area contributed by atoms with Gasteiger partial charge in [-0.2, -0.15) is 0 Å². The van der Waals surface area contributed by atoms with E-state index >= 15 is 0 Å². The molecule has 1 unspecified atom stereocenters. The second kappa shape index (κ2) is 12.2. The van der Waals surface area contributed by atoms with E-state index in [4.69, 9.17) is 9.47 Å². The predicted molar refractivity (Wildman–Crippen MR) is 124 cm³/mol. The third-order valence-electron chi connectivity index (χ3n) is 4.49. The summed E-state index contributed by atoms with van der Waals surface area (Å²) in [6.07, 6.45) is 0. The maximum Gasteiger partial charge on any atom is 0.338 e. The van der Waals surface area contributed by atoms with E-state index in [2.05, 4.69) is 16.0 Å². The van der Waals surface area contributed by atoms with Crippen LogP contribution in [-0.2, 0) is 14.3 Å². The fourth-order valence-corrected chi connectivity index (χ4v) is 2.95. The zero-order chi connectivity index (χ0) is 24.4. The Hall–Kier alpha value is -3.88. The molecule has 0 aliphatic heterocycles. The van der Waals surface area contributed by atoms with Crippen LogP contribution >= 0.6 is 0 Å². The van der Waals surface area contributed by atoms with Crippen molar-refractivity contribution in [3.63, 3.8) is 0 Å². The number of carbonyl (C=O) groups excluding carboxylic acids is 4. The molecule has 0 fully saturated rings. The summed E-state index contributed by atoms with van der Waals surface area (Å²) in [5.41, 5.74) is 0.964. The van der Waals surface area contributed by atoms with Crippen molar-refractivity contribution in [2.45, 2.75) is 33.7 Å². The minimum atomic E-state index is -0.883. The first-order valence-electron chi connectivity index (χ1n) is 10.7. The fraction of sp³-hybridized carbons (Fsp3) is 0.333. The Labute approximate surface area is 192 Å². The van der Waals surface area contributed by atoms with Crippen molar-refractivity contribution in [1.82, 2.24) is 5.32 Å². The highest BCUT2D eigenvalue weighted by Gasteiger charge is 2.25. The molecule has 0 saturated heterocycles. The van der Waals surface area contributed by atoms with Crippen LogP contribution in [0.3, 0.4) is 0 Å². The number of amides is 3. The smallest absolute Gasteiger partial charge is 0.338 e. The molecule has 1 atom stereocenters.